The number of phenolic OH excluding ortho intramolecular Hbond substituents is 1. The van der Waals surface area contributed by atoms with Crippen LogP contribution in [0.2, 0.25) is 0 Å². The Morgan fingerprint density at radius 3 is 2.60 bits per heavy atom. The molecule has 5 nitrogen and oxygen atoms in total. The van der Waals surface area contributed by atoms with Crippen molar-refractivity contribution in [2.24, 2.45) is 0 Å². The van der Waals surface area contributed by atoms with E-state index < -0.39 is 0 Å². The number of carbonyl (C=O) groups is 1. The number of phenols is 1. The molecular formula is C20H20N2O3. The van der Waals surface area contributed by atoms with Crippen molar-refractivity contribution in [1.29, 1.82) is 0 Å². The zero-order valence-corrected chi connectivity index (χ0v) is 14.2. The second-order valence-electron chi connectivity index (χ2n) is 5.87. The van der Waals surface area contributed by atoms with Crippen molar-refractivity contribution in [2.75, 3.05) is 12.0 Å². The molecule has 0 saturated heterocycles. The number of benzene rings is 3. The Kier molecular flexibility index (Phi) is 4.75. The van der Waals surface area contributed by atoms with Gasteiger partial charge in [-0.15, -0.1) is 0 Å². The summed E-state index contributed by atoms with van der Waals surface area (Å²) >= 11 is 0. The first-order chi connectivity index (χ1) is 12.0. The van der Waals surface area contributed by atoms with E-state index in [9.17, 15) is 9.90 Å². The summed E-state index contributed by atoms with van der Waals surface area (Å²) in [4.78, 5) is 12.1. The minimum Gasteiger partial charge on any atom is -0.507 e. The van der Waals surface area contributed by atoms with E-state index in [1.54, 1.807) is 30.3 Å². The highest BCUT2D eigenvalue weighted by molar-refractivity contribution is 6.03. The Bertz CT molecular complexity index is 922. The van der Waals surface area contributed by atoms with E-state index in [0.717, 1.165) is 22.3 Å². The lowest BCUT2D eigenvalue weighted by Crippen LogP contribution is -2.32. The molecule has 0 aliphatic rings. The first-order valence-corrected chi connectivity index (χ1v) is 8.00. The molecule has 0 spiro atoms. The Hall–Kier alpha value is -3.21. The van der Waals surface area contributed by atoms with Gasteiger partial charge in [0.05, 0.1) is 5.69 Å². The fourth-order valence-corrected chi connectivity index (χ4v) is 2.71. The normalized spacial score (nSPS) is 10.5. The van der Waals surface area contributed by atoms with Gasteiger partial charge in [-0.1, -0.05) is 42.0 Å². The smallest absolute Gasteiger partial charge is 0.321 e. The second kappa shape index (κ2) is 7.13. The van der Waals surface area contributed by atoms with Crippen LogP contribution in [0.3, 0.4) is 0 Å². The number of amides is 2. The van der Waals surface area contributed by atoms with Crippen molar-refractivity contribution < 1.29 is 14.6 Å². The molecule has 0 unspecified atom stereocenters. The average Bonchev–Trinajstić information content (AvgIpc) is 2.58. The molecule has 0 aliphatic heterocycles. The van der Waals surface area contributed by atoms with Gasteiger partial charge in [-0.05, 0) is 37.6 Å². The van der Waals surface area contributed by atoms with Crippen LogP contribution in [-0.4, -0.2) is 17.9 Å². The van der Waals surface area contributed by atoms with Crippen LogP contribution in [0.5, 0.6) is 11.5 Å². The maximum atomic E-state index is 12.1. The Morgan fingerprint density at radius 1 is 1.04 bits per heavy atom. The number of nitrogens with one attached hydrogen (secondary N) is 2. The second-order valence-corrected chi connectivity index (χ2v) is 5.87. The highest BCUT2D eigenvalue weighted by Crippen LogP contribution is 2.29. The molecule has 0 aliphatic carbocycles. The van der Waals surface area contributed by atoms with E-state index in [1.807, 2.05) is 38.1 Å². The first-order valence-electron chi connectivity index (χ1n) is 8.00. The lowest BCUT2D eigenvalue weighted by Gasteiger charge is -2.13. The number of hydrogen-bond acceptors (Lipinski definition) is 3. The van der Waals surface area contributed by atoms with Gasteiger partial charge < -0.3 is 20.5 Å². The molecule has 5 heteroatoms. The lowest BCUT2D eigenvalue weighted by atomic mass is 10.1. The lowest BCUT2D eigenvalue weighted by molar-refractivity contribution is 0.234. The number of fused-ring (bicyclic) bond motifs is 1. The summed E-state index contributed by atoms with van der Waals surface area (Å²) < 4.78 is 5.59. The number of hydrogen-bond donors (Lipinski definition) is 3. The van der Waals surface area contributed by atoms with Crippen LogP contribution in [0.1, 0.15) is 11.1 Å². The van der Waals surface area contributed by atoms with Gasteiger partial charge >= 0.3 is 6.03 Å². The minimum absolute atomic E-state index is 0.0613. The zero-order chi connectivity index (χ0) is 17.8. The van der Waals surface area contributed by atoms with Crippen molar-refractivity contribution in [3.63, 3.8) is 0 Å². The Balaban J connectivity index is 1.62. The fourth-order valence-electron chi connectivity index (χ4n) is 2.71. The van der Waals surface area contributed by atoms with E-state index in [-0.39, 0.29) is 18.5 Å². The van der Waals surface area contributed by atoms with Crippen molar-refractivity contribution in [1.82, 2.24) is 5.32 Å². The fraction of sp³-hybridized carbons (Fsp3) is 0.150. The van der Waals surface area contributed by atoms with Gasteiger partial charge in [-0.25, -0.2) is 4.79 Å². The molecule has 0 heterocycles. The predicted octanol–water partition coefficient (Wildman–Crippen LogP) is 4.32. The quantitative estimate of drug-likeness (QED) is 0.621. The average molecular weight is 336 g/mol. The number of urea groups is 1. The number of ether oxygens (including phenoxy) is 1. The summed E-state index contributed by atoms with van der Waals surface area (Å²) in [7, 11) is 0. The van der Waals surface area contributed by atoms with Crippen molar-refractivity contribution in [2.45, 2.75) is 13.8 Å². The summed E-state index contributed by atoms with van der Waals surface area (Å²) in [5, 5.41) is 16.8. The number of carbonyl (C=O) groups excluding carboxylic acids is 1. The van der Waals surface area contributed by atoms with Crippen LogP contribution in [-0.2, 0) is 0 Å². The van der Waals surface area contributed by atoms with E-state index in [0.29, 0.717) is 11.1 Å². The van der Waals surface area contributed by atoms with Gasteiger partial charge in [0.15, 0.2) is 6.73 Å². The highest BCUT2D eigenvalue weighted by Gasteiger charge is 2.07. The molecule has 0 fully saturated rings. The predicted molar refractivity (Wildman–Crippen MR) is 99.2 cm³/mol. The molecular weight excluding hydrogens is 316 g/mol. The highest BCUT2D eigenvalue weighted by atomic mass is 16.5. The molecule has 25 heavy (non-hydrogen) atoms. The van der Waals surface area contributed by atoms with Gasteiger partial charge in [0.2, 0.25) is 0 Å². The summed E-state index contributed by atoms with van der Waals surface area (Å²) in [6.45, 7) is 4.04. The topological polar surface area (TPSA) is 70.6 Å². The van der Waals surface area contributed by atoms with Crippen LogP contribution in [0.15, 0.2) is 54.6 Å². The van der Waals surface area contributed by atoms with Gasteiger partial charge in [0, 0.05) is 10.8 Å². The van der Waals surface area contributed by atoms with Crippen LogP contribution in [0, 0.1) is 13.8 Å². The molecule has 128 valence electrons. The summed E-state index contributed by atoms with van der Waals surface area (Å²) in [5.41, 5.74) is 2.80. The monoisotopic (exact) mass is 336 g/mol. The summed E-state index contributed by atoms with van der Waals surface area (Å²) in [6.07, 6.45) is 0. The minimum atomic E-state index is -0.374. The molecule has 0 atom stereocenters. The number of aryl methyl sites for hydroxylation is 2. The summed E-state index contributed by atoms with van der Waals surface area (Å²) in [6, 6.07) is 16.1. The van der Waals surface area contributed by atoms with Crippen LogP contribution < -0.4 is 15.4 Å². The van der Waals surface area contributed by atoms with Crippen molar-refractivity contribution >= 4 is 22.5 Å². The van der Waals surface area contributed by atoms with Gasteiger partial charge in [0.1, 0.15) is 11.5 Å². The largest absolute Gasteiger partial charge is 0.507 e. The van der Waals surface area contributed by atoms with E-state index in [1.165, 1.54) is 0 Å². The van der Waals surface area contributed by atoms with Crippen molar-refractivity contribution in [3.8, 4) is 11.5 Å². The zero-order valence-electron chi connectivity index (χ0n) is 14.2. The SMILES string of the molecule is Cc1ccc(OCNC(=O)Nc2cccc3c(O)cccc23)c(C)c1. The maximum Gasteiger partial charge on any atom is 0.321 e. The molecule has 0 radical (unpaired) electrons. The first kappa shape index (κ1) is 16.6. The maximum absolute atomic E-state index is 12.1. The molecule has 2 amide bonds. The molecule has 0 aromatic heterocycles. The standard InChI is InChI=1S/C20H20N2O3/c1-13-9-10-19(14(2)11-13)25-12-21-20(24)22-17-7-3-6-16-15(17)5-4-8-18(16)23/h3-11,23H,12H2,1-2H3,(H2,21,22,24). The molecule has 3 aromatic carbocycles. The van der Waals surface area contributed by atoms with Gasteiger partial charge in [-0.2, -0.15) is 0 Å². The third-order valence-electron chi connectivity index (χ3n) is 3.94. The van der Waals surface area contributed by atoms with Gasteiger partial charge in [0.25, 0.3) is 0 Å². The Morgan fingerprint density at radius 2 is 1.80 bits per heavy atom. The molecule has 3 aromatic rings. The van der Waals surface area contributed by atoms with Crippen LogP contribution in [0.4, 0.5) is 10.5 Å². The summed E-state index contributed by atoms with van der Waals surface area (Å²) in [5.74, 6) is 0.917. The molecule has 3 rings (SSSR count). The Labute approximate surface area is 146 Å². The van der Waals surface area contributed by atoms with Gasteiger partial charge in [-0.3, -0.25) is 0 Å². The molecule has 0 saturated carbocycles. The van der Waals surface area contributed by atoms with Crippen LogP contribution >= 0.6 is 0 Å². The third kappa shape index (κ3) is 3.83. The number of anilines is 1. The number of rotatable bonds is 4. The molecule has 0 bridgehead atoms. The third-order valence-corrected chi connectivity index (χ3v) is 3.94. The van der Waals surface area contributed by atoms with Crippen LogP contribution in [0.25, 0.3) is 10.8 Å². The number of aromatic hydroxyl groups is 1. The molecule has 3 N–H and O–H groups in total. The van der Waals surface area contributed by atoms with E-state index in [4.69, 9.17) is 4.74 Å². The van der Waals surface area contributed by atoms with E-state index >= 15 is 0 Å². The van der Waals surface area contributed by atoms with Crippen molar-refractivity contribution in [3.05, 3.63) is 65.7 Å². The van der Waals surface area contributed by atoms with E-state index in [2.05, 4.69) is 10.6 Å².